The molecule has 5 nitrogen and oxygen atoms in total. The maximum Gasteiger partial charge on any atom is 0.273 e. The maximum absolute atomic E-state index is 13.8. The topological polar surface area (TPSA) is 59.0 Å². The molecule has 4 heterocycles. The molecule has 0 radical (unpaired) electrons. The highest BCUT2D eigenvalue weighted by atomic mass is 35.5. The molecule has 0 N–H and O–H groups in total. The predicted octanol–water partition coefficient (Wildman–Crippen LogP) is 5.37. The van der Waals surface area contributed by atoms with Crippen molar-refractivity contribution in [3.05, 3.63) is 77.0 Å². The molecular weight excluding hydrogens is 408 g/mol. The van der Waals surface area contributed by atoms with Crippen molar-refractivity contribution in [1.29, 1.82) is 0 Å². The Morgan fingerprint density at radius 3 is 2.77 bits per heavy atom. The smallest absolute Gasteiger partial charge is 0.273 e. The lowest BCUT2D eigenvalue weighted by atomic mass is 9.87. The molecule has 4 rings (SSSR count). The minimum absolute atomic E-state index is 0.00929. The number of amides is 1. The van der Waals surface area contributed by atoms with Crippen LogP contribution in [0.25, 0.3) is 11.3 Å². The number of hydrogen-bond donors (Lipinski definition) is 0. The summed E-state index contributed by atoms with van der Waals surface area (Å²) in [6, 6.07) is 13.6. The number of hydrogen-bond acceptors (Lipinski definition) is 4. The summed E-state index contributed by atoms with van der Waals surface area (Å²) < 4.78 is 0. The minimum atomic E-state index is -0.00929. The van der Waals surface area contributed by atoms with Gasteiger partial charge in [0.05, 0.1) is 10.7 Å². The molecule has 3 aromatic heterocycles. The minimum Gasteiger partial charge on any atom is -0.334 e. The second-order valence-corrected chi connectivity index (χ2v) is 8.69. The van der Waals surface area contributed by atoms with Crippen LogP contribution < -0.4 is 0 Å². The summed E-state index contributed by atoms with van der Waals surface area (Å²) in [7, 11) is 0. The Bertz CT molecular complexity index is 1040. The Balaban J connectivity index is 1.61. The van der Waals surface area contributed by atoms with Gasteiger partial charge in [0.2, 0.25) is 0 Å². The van der Waals surface area contributed by atoms with Gasteiger partial charge >= 0.3 is 0 Å². The van der Waals surface area contributed by atoms with E-state index in [0.29, 0.717) is 16.6 Å². The van der Waals surface area contributed by atoms with Crippen molar-refractivity contribution in [2.24, 2.45) is 5.92 Å². The highest BCUT2D eigenvalue weighted by molar-refractivity contribution is 6.30. The number of aromatic nitrogens is 3. The zero-order chi connectivity index (χ0) is 21.8. The van der Waals surface area contributed by atoms with Gasteiger partial charge in [-0.1, -0.05) is 24.6 Å². The van der Waals surface area contributed by atoms with Gasteiger partial charge in [0, 0.05) is 41.9 Å². The molecule has 1 aliphatic heterocycles. The SMILES string of the molecule is Cc1ccc(-c2ccccn2)c(C(=O)N2CCC[C@@H](C)[C@H]2CCc2ccc(Cl)cn2)n1. The summed E-state index contributed by atoms with van der Waals surface area (Å²) >= 11 is 5.97. The number of piperidine rings is 1. The van der Waals surface area contributed by atoms with Crippen LogP contribution >= 0.6 is 11.6 Å². The van der Waals surface area contributed by atoms with Crippen LogP contribution in [0.1, 0.15) is 48.1 Å². The second-order valence-electron chi connectivity index (χ2n) is 8.26. The zero-order valence-corrected chi connectivity index (χ0v) is 18.7. The monoisotopic (exact) mass is 434 g/mol. The van der Waals surface area contributed by atoms with Crippen molar-refractivity contribution in [2.75, 3.05) is 6.54 Å². The molecule has 0 saturated carbocycles. The number of likely N-dealkylation sites (tertiary alicyclic amines) is 1. The third-order valence-electron chi connectivity index (χ3n) is 6.04. The molecule has 0 bridgehead atoms. The first-order valence-corrected chi connectivity index (χ1v) is 11.2. The molecule has 0 spiro atoms. The molecule has 31 heavy (non-hydrogen) atoms. The highest BCUT2D eigenvalue weighted by Gasteiger charge is 2.34. The largest absolute Gasteiger partial charge is 0.334 e. The lowest BCUT2D eigenvalue weighted by Crippen LogP contribution is -2.48. The van der Waals surface area contributed by atoms with E-state index in [4.69, 9.17) is 11.6 Å². The molecule has 1 fully saturated rings. The molecule has 0 aliphatic carbocycles. The van der Waals surface area contributed by atoms with Gasteiger partial charge in [-0.15, -0.1) is 0 Å². The van der Waals surface area contributed by atoms with Crippen LogP contribution in [0.5, 0.6) is 0 Å². The molecule has 0 aromatic carbocycles. The molecular formula is C25H27ClN4O. The second kappa shape index (κ2) is 9.56. The predicted molar refractivity (Wildman–Crippen MR) is 123 cm³/mol. The number of aryl methyl sites for hydroxylation is 2. The van der Waals surface area contributed by atoms with Crippen LogP contribution in [-0.2, 0) is 6.42 Å². The van der Waals surface area contributed by atoms with Crippen LogP contribution in [0.2, 0.25) is 5.02 Å². The van der Waals surface area contributed by atoms with Crippen molar-refractivity contribution in [1.82, 2.24) is 19.9 Å². The third kappa shape index (κ3) is 4.93. The average molecular weight is 435 g/mol. The summed E-state index contributed by atoms with van der Waals surface area (Å²) in [6.07, 6.45) is 7.23. The quantitative estimate of drug-likeness (QED) is 0.541. The first-order valence-electron chi connectivity index (χ1n) is 10.8. The number of pyridine rings is 3. The number of nitrogens with zero attached hydrogens (tertiary/aromatic N) is 4. The average Bonchev–Trinajstić information content (AvgIpc) is 2.79. The van der Waals surface area contributed by atoms with Crippen LogP contribution in [0, 0.1) is 12.8 Å². The van der Waals surface area contributed by atoms with Gasteiger partial charge in [0.15, 0.2) is 0 Å². The zero-order valence-electron chi connectivity index (χ0n) is 18.0. The van der Waals surface area contributed by atoms with Crippen LogP contribution in [0.3, 0.4) is 0 Å². The molecule has 3 aromatic rings. The van der Waals surface area contributed by atoms with Crippen LogP contribution in [0.15, 0.2) is 54.9 Å². The van der Waals surface area contributed by atoms with Crippen molar-refractivity contribution >= 4 is 17.5 Å². The van der Waals surface area contributed by atoms with Gasteiger partial charge in [-0.3, -0.25) is 14.8 Å². The van der Waals surface area contributed by atoms with E-state index in [1.807, 2.05) is 54.3 Å². The van der Waals surface area contributed by atoms with Crippen molar-refractivity contribution < 1.29 is 4.79 Å². The Kier molecular flexibility index (Phi) is 6.62. The van der Waals surface area contributed by atoms with E-state index in [1.54, 1.807) is 12.4 Å². The summed E-state index contributed by atoms with van der Waals surface area (Å²) in [4.78, 5) is 29.3. The van der Waals surface area contributed by atoms with Crippen molar-refractivity contribution in [3.63, 3.8) is 0 Å². The van der Waals surface area contributed by atoms with Crippen molar-refractivity contribution in [2.45, 2.75) is 45.6 Å². The standard InChI is InChI=1S/C25H27ClN4O/c1-17-6-5-15-30(23(17)13-11-20-10-9-19(26)16-28-20)25(31)24-21(12-8-18(2)29-24)22-7-3-4-14-27-22/h3-4,7-10,12,14,16-17,23H,5-6,11,13,15H2,1-2H3/t17-,23-/m1/s1. The third-order valence-corrected chi connectivity index (χ3v) is 6.26. The molecule has 1 aliphatic rings. The van der Waals surface area contributed by atoms with E-state index in [1.165, 1.54) is 0 Å². The van der Waals surface area contributed by atoms with E-state index in [0.717, 1.165) is 54.9 Å². The summed E-state index contributed by atoms with van der Waals surface area (Å²) in [5.74, 6) is 0.415. The summed E-state index contributed by atoms with van der Waals surface area (Å²) in [6.45, 7) is 4.91. The summed E-state index contributed by atoms with van der Waals surface area (Å²) in [5, 5.41) is 0.638. The first-order chi connectivity index (χ1) is 15.0. The number of carbonyl (C=O) groups is 1. The Labute approximate surface area is 188 Å². The van der Waals surface area contributed by atoms with Gasteiger partial charge in [0.1, 0.15) is 5.69 Å². The fraction of sp³-hybridized carbons (Fsp3) is 0.360. The Morgan fingerprint density at radius 2 is 2.03 bits per heavy atom. The van der Waals surface area contributed by atoms with E-state index in [-0.39, 0.29) is 11.9 Å². The van der Waals surface area contributed by atoms with Crippen LogP contribution in [-0.4, -0.2) is 38.3 Å². The number of rotatable bonds is 5. The van der Waals surface area contributed by atoms with Gasteiger partial charge in [0.25, 0.3) is 5.91 Å². The molecule has 1 saturated heterocycles. The lowest BCUT2D eigenvalue weighted by molar-refractivity contribution is 0.0494. The highest BCUT2D eigenvalue weighted by Crippen LogP contribution is 2.30. The fourth-order valence-corrected chi connectivity index (χ4v) is 4.49. The molecule has 160 valence electrons. The van der Waals surface area contributed by atoms with Crippen molar-refractivity contribution in [3.8, 4) is 11.3 Å². The normalized spacial score (nSPS) is 18.7. The van der Waals surface area contributed by atoms with E-state index < -0.39 is 0 Å². The molecule has 6 heteroatoms. The number of halogens is 1. The molecule has 1 amide bonds. The van der Waals surface area contributed by atoms with Gasteiger partial charge < -0.3 is 4.90 Å². The van der Waals surface area contributed by atoms with E-state index in [2.05, 4.69) is 21.9 Å². The Morgan fingerprint density at radius 1 is 1.16 bits per heavy atom. The fourth-order valence-electron chi connectivity index (χ4n) is 4.38. The molecule has 2 atom stereocenters. The number of carbonyl (C=O) groups excluding carboxylic acids is 1. The van der Waals surface area contributed by atoms with Gasteiger partial charge in [-0.25, -0.2) is 4.98 Å². The first kappa shape index (κ1) is 21.4. The van der Waals surface area contributed by atoms with E-state index in [9.17, 15) is 4.79 Å². The van der Waals surface area contributed by atoms with Gasteiger partial charge in [-0.2, -0.15) is 0 Å². The Hall–Kier alpha value is -2.79. The van der Waals surface area contributed by atoms with E-state index >= 15 is 0 Å². The lowest BCUT2D eigenvalue weighted by Gasteiger charge is -2.40. The van der Waals surface area contributed by atoms with Crippen LogP contribution in [0.4, 0.5) is 0 Å². The summed E-state index contributed by atoms with van der Waals surface area (Å²) in [5.41, 5.74) is 3.87. The van der Waals surface area contributed by atoms with Gasteiger partial charge in [-0.05, 0) is 74.9 Å². The molecule has 0 unspecified atom stereocenters. The maximum atomic E-state index is 13.8.